The molecule has 0 atom stereocenters. The first kappa shape index (κ1) is 13.7. The largest absolute Gasteiger partial charge is 0.761 e. The molecule has 0 aliphatic rings. The number of non-ortho nitro benzene ring substituents is 1. The molecule has 0 radical (unpaired) electrons. The van der Waals surface area contributed by atoms with Crippen LogP contribution in [0.15, 0.2) is 58.3 Å². The molecule has 0 aliphatic heterocycles. The summed E-state index contributed by atoms with van der Waals surface area (Å²) < 4.78 is 0. The molecular formula is C12H9N2O3S2-. The molecule has 0 fully saturated rings. The van der Waals surface area contributed by atoms with Crippen molar-refractivity contribution in [1.82, 2.24) is 0 Å². The van der Waals surface area contributed by atoms with Crippen molar-refractivity contribution in [2.45, 2.75) is 9.79 Å². The average molecular weight is 293 g/mol. The van der Waals surface area contributed by atoms with Crippen LogP contribution in [0.5, 0.6) is 0 Å². The van der Waals surface area contributed by atoms with Crippen molar-refractivity contribution in [3.8, 4) is 0 Å². The fourth-order valence-corrected chi connectivity index (χ4v) is 3.36. The highest BCUT2D eigenvalue weighted by Crippen LogP contribution is 2.38. The Morgan fingerprint density at radius 1 is 1.00 bits per heavy atom. The highest BCUT2D eigenvalue weighted by atomic mass is 33.1. The number of anilines is 1. The molecule has 98 valence electrons. The number of nitrogens with zero attached hydrogens (tertiary/aromatic N) is 1. The van der Waals surface area contributed by atoms with Crippen molar-refractivity contribution in [3.63, 3.8) is 0 Å². The van der Waals surface area contributed by atoms with Crippen LogP contribution in [-0.2, 0) is 0 Å². The third kappa shape index (κ3) is 3.88. The number of hydrogen-bond donors (Lipinski definition) is 1. The molecule has 0 aromatic heterocycles. The van der Waals surface area contributed by atoms with Gasteiger partial charge in [0.15, 0.2) is 0 Å². The Kier molecular flexibility index (Phi) is 4.67. The van der Waals surface area contributed by atoms with Crippen molar-refractivity contribution in [3.05, 3.63) is 63.9 Å². The Morgan fingerprint density at radius 2 is 1.63 bits per heavy atom. The van der Waals surface area contributed by atoms with E-state index < -0.39 is 4.92 Å². The number of nitro groups is 1. The average Bonchev–Trinajstić information content (AvgIpc) is 2.45. The summed E-state index contributed by atoms with van der Waals surface area (Å²) in [6, 6.07) is 13.5. The summed E-state index contributed by atoms with van der Waals surface area (Å²) in [7, 11) is 2.85. The molecule has 7 heteroatoms. The molecule has 0 spiro atoms. The molecule has 0 unspecified atom stereocenters. The van der Waals surface area contributed by atoms with E-state index in [9.17, 15) is 15.3 Å². The molecule has 0 bridgehead atoms. The SMILES string of the molecule is O=[N+]([O-])c1cccc(SSc2cccc(N[O-])c2)c1. The molecule has 0 heterocycles. The van der Waals surface area contributed by atoms with Crippen molar-refractivity contribution in [2.75, 3.05) is 5.48 Å². The lowest BCUT2D eigenvalue weighted by molar-refractivity contribution is -0.385. The Bertz CT molecular complexity index is 593. The second-order valence-corrected chi connectivity index (χ2v) is 5.83. The minimum atomic E-state index is -0.420. The molecule has 2 aromatic rings. The van der Waals surface area contributed by atoms with Gasteiger partial charge in [-0.2, -0.15) is 0 Å². The highest BCUT2D eigenvalue weighted by Gasteiger charge is 2.06. The fourth-order valence-electron chi connectivity index (χ4n) is 1.36. The molecule has 0 aliphatic carbocycles. The minimum absolute atomic E-state index is 0.0700. The zero-order valence-corrected chi connectivity index (χ0v) is 11.2. The van der Waals surface area contributed by atoms with E-state index in [2.05, 4.69) is 0 Å². The predicted octanol–water partition coefficient (Wildman–Crippen LogP) is 4.30. The van der Waals surface area contributed by atoms with Crippen molar-refractivity contribution < 1.29 is 4.92 Å². The van der Waals surface area contributed by atoms with Crippen LogP contribution >= 0.6 is 21.6 Å². The normalized spacial score (nSPS) is 10.2. The van der Waals surface area contributed by atoms with Crippen LogP contribution in [0, 0.1) is 15.3 Å². The van der Waals surface area contributed by atoms with E-state index in [1.54, 1.807) is 30.3 Å². The maximum absolute atomic E-state index is 10.7. The summed E-state index contributed by atoms with van der Waals surface area (Å²) in [5, 5.41) is 21.2. The Hall–Kier alpha value is -1.70. The lowest BCUT2D eigenvalue weighted by atomic mass is 10.3. The van der Waals surface area contributed by atoms with Crippen LogP contribution in [0.2, 0.25) is 0 Å². The van der Waals surface area contributed by atoms with Crippen molar-refractivity contribution >= 4 is 33.0 Å². The first-order valence-electron chi connectivity index (χ1n) is 5.26. The van der Waals surface area contributed by atoms with Gasteiger partial charge in [0.2, 0.25) is 0 Å². The number of benzene rings is 2. The minimum Gasteiger partial charge on any atom is -0.761 e. The highest BCUT2D eigenvalue weighted by molar-refractivity contribution is 8.76. The second kappa shape index (κ2) is 6.46. The smallest absolute Gasteiger partial charge is 0.270 e. The summed E-state index contributed by atoms with van der Waals surface area (Å²) >= 11 is 0. The van der Waals surface area contributed by atoms with Gasteiger partial charge in [-0.25, -0.2) is 0 Å². The first-order chi connectivity index (χ1) is 9.19. The lowest BCUT2D eigenvalue weighted by Crippen LogP contribution is -1.86. The third-order valence-corrected chi connectivity index (χ3v) is 4.60. The van der Waals surface area contributed by atoms with Gasteiger partial charge in [-0.05, 0) is 24.3 Å². The third-order valence-electron chi connectivity index (χ3n) is 2.21. The van der Waals surface area contributed by atoms with E-state index in [0.29, 0.717) is 5.69 Å². The van der Waals surface area contributed by atoms with Crippen LogP contribution in [-0.4, -0.2) is 4.92 Å². The zero-order chi connectivity index (χ0) is 13.7. The molecule has 0 saturated carbocycles. The van der Waals surface area contributed by atoms with Gasteiger partial charge in [0.05, 0.1) is 4.92 Å². The molecule has 0 amide bonds. The first-order valence-corrected chi connectivity index (χ1v) is 7.41. The molecule has 0 saturated heterocycles. The van der Waals surface area contributed by atoms with E-state index in [1.165, 1.54) is 33.7 Å². The lowest BCUT2D eigenvalue weighted by Gasteiger charge is -2.10. The van der Waals surface area contributed by atoms with Gasteiger partial charge in [-0.3, -0.25) is 10.1 Å². The van der Waals surface area contributed by atoms with Gasteiger partial charge in [0.1, 0.15) is 0 Å². The maximum Gasteiger partial charge on any atom is 0.270 e. The van der Waals surface area contributed by atoms with Crippen LogP contribution in [0.1, 0.15) is 0 Å². The summed E-state index contributed by atoms with van der Waals surface area (Å²) in [5.74, 6) is 0. The molecule has 5 nitrogen and oxygen atoms in total. The standard InChI is InChI=1S/C12H9N2O3S2/c15-13-9-3-1-5-11(7-9)18-19-12-6-2-4-10(8-12)14(16)17/h1-8,13H/q-1. The molecule has 19 heavy (non-hydrogen) atoms. The fraction of sp³-hybridized carbons (Fsp3) is 0. The van der Waals surface area contributed by atoms with Crippen molar-refractivity contribution in [2.24, 2.45) is 0 Å². The summed E-state index contributed by atoms with van der Waals surface area (Å²) in [4.78, 5) is 11.9. The molecule has 1 N–H and O–H groups in total. The predicted molar refractivity (Wildman–Crippen MR) is 78.2 cm³/mol. The van der Waals surface area contributed by atoms with E-state index >= 15 is 0 Å². The van der Waals surface area contributed by atoms with E-state index in [4.69, 9.17) is 0 Å². The van der Waals surface area contributed by atoms with Gasteiger partial charge in [0, 0.05) is 27.6 Å². The van der Waals surface area contributed by atoms with Gasteiger partial charge in [-0.1, -0.05) is 33.7 Å². The number of hydrogen-bond acceptors (Lipinski definition) is 6. The van der Waals surface area contributed by atoms with Crippen LogP contribution in [0.25, 0.3) is 0 Å². The quantitative estimate of drug-likeness (QED) is 0.503. The van der Waals surface area contributed by atoms with Crippen LogP contribution in [0.3, 0.4) is 0 Å². The number of rotatable bonds is 5. The van der Waals surface area contributed by atoms with E-state index in [0.717, 1.165) is 9.79 Å². The van der Waals surface area contributed by atoms with Crippen LogP contribution < -0.4 is 5.48 Å². The van der Waals surface area contributed by atoms with Gasteiger partial charge in [0.25, 0.3) is 5.69 Å². The monoisotopic (exact) mass is 293 g/mol. The van der Waals surface area contributed by atoms with E-state index in [1.807, 2.05) is 11.5 Å². The molecular weight excluding hydrogens is 284 g/mol. The number of nitro benzene ring substituents is 1. The summed E-state index contributed by atoms with van der Waals surface area (Å²) in [5.41, 5.74) is 2.39. The Morgan fingerprint density at radius 3 is 2.26 bits per heavy atom. The zero-order valence-electron chi connectivity index (χ0n) is 9.61. The molecule has 2 rings (SSSR count). The molecule has 2 aromatic carbocycles. The van der Waals surface area contributed by atoms with Gasteiger partial charge < -0.3 is 10.7 Å². The summed E-state index contributed by atoms with van der Waals surface area (Å²) in [6.07, 6.45) is 0. The Labute approximate surface area is 117 Å². The summed E-state index contributed by atoms with van der Waals surface area (Å²) in [6.45, 7) is 0. The van der Waals surface area contributed by atoms with Gasteiger partial charge in [-0.15, -0.1) is 0 Å². The van der Waals surface area contributed by atoms with Gasteiger partial charge >= 0.3 is 0 Å². The second-order valence-electron chi connectivity index (χ2n) is 3.55. The van der Waals surface area contributed by atoms with Crippen molar-refractivity contribution in [1.29, 1.82) is 0 Å². The number of nitrogens with one attached hydrogen (secondary N) is 1. The van der Waals surface area contributed by atoms with Crippen LogP contribution in [0.4, 0.5) is 11.4 Å². The Balaban J connectivity index is 2.05. The maximum atomic E-state index is 10.7. The topological polar surface area (TPSA) is 78.2 Å². The van der Waals surface area contributed by atoms with E-state index in [-0.39, 0.29) is 5.69 Å².